The Hall–Kier alpha value is -0.570. The van der Waals surface area contributed by atoms with Gasteiger partial charge in [-0.3, -0.25) is 10.1 Å². The molecule has 1 N–H and O–H groups in total. The first-order valence-electron chi connectivity index (χ1n) is 8.66. The summed E-state index contributed by atoms with van der Waals surface area (Å²) in [7, 11) is 0. The van der Waals surface area contributed by atoms with Crippen LogP contribution in [-0.4, -0.2) is 29.6 Å². The summed E-state index contributed by atoms with van der Waals surface area (Å²) in [6.45, 7) is 7.71. The molecule has 1 heterocycles. The Labute approximate surface area is 124 Å². The summed E-state index contributed by atoms with van der Waals surface area (Å²) < 4.78 is 0. The van der Waals surface area contributed by atoms with Crippen LogP contribution in [0.15, 0.2) is 0 Å². The zero-order chi connectivity index (χ0) is 14.6. The van der Waals surface area contributed by atoms with Crippen LogP contribution in [0.25, 0.3) is 0 Å². The van der Waals surface area contributed by atoms with E-state index in [9.17, 15) is 4.79 Å². The van der Waals surface area contributed by atoms with E-state index in [4.69, 9.17) is 0 Å². The van der Waals surface area contributed by atoms with Crippen molar-refractivity contribution in [1.82, 2.24) is 10.2 Å². The maximum Gasteiger partial charge on any atom is 0.241 e. The summed E-state index contributed by atoms with van der Waals surface area (Å²) in [6.07, 6.45) is 11.2. The van der Waals surface area contributed by atoms with Gasteiger partial charge in [0.1, 0.15) is 0 Å². The quantitative estimate of drug-likeness (QED) is 0.805. The number of carbonyl (C=O) groups is 1. The number of rotatable bonds is 6. The minimum atomic E-state index is 0.0760. The van der Waals surface area contributed by atoms with Crippen molar-refractivity contribution in [2.75, 3.05) is 6.54 Å². The Balaban J connectivity index is 1.99. The second kappa shape index (κ2) is 6.93. The molecule has 1 saturated heterocycles. The minimum Gasteiger partial charge on any atom is -0.325 e. The molecule has 3 nitrogen and oxygen atoms in total. The van der Waals surface area contributed by atoms with Crippen molar-refractivity contribution < 1.29 is 4.79 Å². The highest BCUT2D eigenvalue weighted by Crippen LogP contribution is 2.37. The van der Waals surface area contributed by atoms with E-state index in [1.165, 1.54) is 38.5 Å². The van der Waals surface area contributed by atoms with E-state index in [2.05, 4.69) is 31.0 Å². The molecule has 2 unspecified atom stereocenters. The van der Waals surface area contributed by atoms with Crippen molar-refractivity contribution in [3.8, 4) is 0 Å². The first kappa shape index (κ1) is 15.8. The van der Waals surface area contributed by atoms with E-state index < -0.39 is 0 Å². The Kier molecular flexibility index (Phi) is 5.48. The second-order valence-electron chi connectivity index (χ2n) is 7.12. The molecule has 2 aliphatic rings. The molecule has 2 fully saturated rings. The molecule has 0 aromatic rings. The molecule has 2 atom stereocenters. The van der Waals surface area contributed by atoms with Gasteiger partial charge in [0.15, 0.2) is 0 Å². The van der Waals surface area contributed by atoms with Crippen LogP contribution < -0.4 is 5.32 Å². The SMILES string of the molecule is CCCCC1NC(CC)N(CC2(C)CCCCC2)C1=O. The largest absolute Gasteiger partial charge is 0.325 e. The lowest BCUT2D eigenvalue weighted by molar-refractivity contribution is -0.132. The minimum absolute atomic E-state index is 0.0760. The predicted molar refractivity (Wildman–Crippen MR) is 83.4 cm³/mol. The third kappa shape index (κ3) is 3.55. The summed E-state index contributed by atoms with van der Waals surface area (Å²) in [6, 6.07) is 0.0760. The van der Waals surface area contributed by atoms with E-state index in [1.54, 1.807) is 0 Å². The molecule has 1 aliphatic heterocycles. The lowest BCUT2D eigenvalue weighted by atomic mass is 9.75. The summed E-state index contributed by atoms with van der Waals surface area (Å²) in [5.41, 5.74) is 0.350. The normalized spacial score (nSPS) is 29.9. The molecule has 0 bridgehead atoms. The molecule has 3 heteroatoms. The van der Waals surface area contributed by atoms with Gasteiger partial charge in [-0.25, -0.2) is 0 Å². The summed E-state index contributed by atoms with van der Waals surface area (Å²) in [4.78, 5) is 14.8. The highest BCUT2D eigenvalue weighted by atomic mass is 16.2. The number of hydrogen-bond donors (Lipinski definition) is 1. The van der Waals surface area contributed by atoms with Crippen LogP contribution in [0.1, 0.15) is 78.6 Å². The molecule has 1 aliphatic carbocycles. The van der Waals surface area contributed by atoms with Gasteiger partial charge in [-0.1, -0.05) is 52.9 Å². The third-order valence-electron chi connectivity index (χ3n) is 5.20. The van der Waals surface area contributed by atoms with Gasteiger partial charge in [0.25, 0.3) is 0 Å². The van der Waals surface area contributed by atoms with Crippen molar-refractivity contribution in [3.63, 3.8) is 0 Å². The molecule has 1 amide bonds. The molecule has 0 radical (unpaired) electrons. The lowest BCUT2D eigenvalue weighted by Crippen LogP contribution is -2.44. The van der Waals surface area contributed by atoms with Gasteiger partial charge in [0.05, 0.1) is 12.2 Å². The van der Waals surface area contributed by atoms with Crippen molar-refractivity contribution in [2.24, 2.45) is 5.41 Å². The molecule has 2 rings (SSSR count). The highest BCUT2D eigenvalue weighted by molar-refractivity contribution is 5.84. The monoisotopic (exact) mass is 280 g/mol. The molecular formula is C17H32N2O. The van der Waals surface area contributed by atoms with E-state index in [0.29, 0.717) is 11.3 Å². The average molecular weight is 280 g/mol. The van der Waals surface area contributed by atoms with E-state index in [-0.39, 0.29) is 12.2 Å². The zero-order valence-electron chi connectivity index (χ0n) is 13.6. The van der Waals surface area contributed by atoms with Gasteiger partial charge in [0.2, 0.25) is 5.91 Å². The maximum absolute atomic E-state index is 12.7. The predicted octanol–water partition coefficient (Wildman–Crippen LogP) is 3.68. The number of carbonyl (C=O) groups excluding carboxylic acids is 1. The third-order valence-corrected chi connectivity index (χ3v) is 5.20. The Bertz CT molecular complexity index is 323. The molecule has 0 aromatic carbocycles. The van der Waals surface area contributed by atoms with Crippen LogP contribution in [0, 0.1) is 5.41 Å². The van der Waals surface area contributed by atoms with Gasteiger partial charge >= 0.3 is 0 Å². The fourth-order valence-corrected chi connectivity index (χ4v) is 3.86. The standard InChI is InChI=1S/C17H32N2O/c1-4-6-10-14-16(20)19(15(5-2)18-14)13-17(3)11-8-7-9-12-17/h14-15,18H,4-13H2,1-3H3. The molecular weight excluding hydrogens is 248 g/mol. The molecule has 0 spiro atoms. The summed E-state index contributed by atoms with van der Waals surface area (Å²) >= 11 is 0. The van der Waals surface area contributed by atoms with Gasteiger partial charge < -0.3 is 4.90 Å². The number of unbranched alkanes of at least 4 members (excludes halogenated alkanes) is 1. The van der Waals surface area contributed by atoms with Gasteiger partial charge in [-0.15, -0.1) is 0 Å². The van der Waals surface area contributed by atoms with Crippen LogP contribution in [-0.2, 0) is 4.79 Å². The van der Waals surface area contributed by atoms with E-state index in [0.717, 1.165) is 25.8 Å². The molecule has 20 heavy (non-hydrogen) atoms. The highest BCUT2D eigenvalue weighted by Gasteiger charge is 2.41. The number of nitrogens with one attached hydrogen (secondary N) is 1. The average Bonchev–Trinajstić information content (AvgIpc) is 2.73. The van der Waals surface area contributed by atoms with Gasteiger partial charge in [0, 0.05) is 6.54 Å². The second-order valence-corrected chi connectivity index (χ2v) is 7.12. The van der Waals surface area contributed by atoms with Crippen LogP contribution in [0.5, 0.6) is 0 Å². The number of amides is 1. The topological polar surface area (TPSA) is 32.3 Å². The smallest absolute Gasteiger partial charge is 0.241 e. The van der Waals surface area contributed by atoms with Crippen LogP contribution in [0.3, 0.4) is 0 Å². The first-order chi connectivity index (χ1) is 9.59. The summed E-state index contributed by atoms with van der Waals surface area (Å²) in [5, 5.41) is 3.56. The van der Waals surface area contributed by atoms with Crippen LogP contribution in [0.2, 0.25) is 0 Å². The van der Waals surface area contributed by atoms with Crippen molar-refractivity contribution in [1.29, 1.82) is 0 Å². The Morgan fingerprint density at radius 2 is 1.95 bits per heavy atom. The Morgan fingerprint density at radius 3 is 2.55 bits per heavy atom. The molecule has 116 valence electrons. The zero-order valence-corrected chi connectivity index (χ0v) is 13.6. The lowest BCUT2D eigenvalue weighted by Gasteiger charge is -2.38. The molecule has 0 aromatic heterocycles. The van der Waals surface area contributed by atoms with Gasteiger partial charge in [-0.05, 0) is 31.1 Å². The summed E-state index contributed by atoms with van der Waals surface area (Å²) in [5.74, 6) is 0.358. The number of hydrogen-bond acceptors (Lipinski definition) is 2. The number of nitrogens with zero attached hydrogens (tertiary/aromatic N) is 1. The fourth-order valence-electron chi connectivity index (χ4n) is 3.86. The van der Waals surface area contributed by atoms with Crippen LogP contribution >= 0.6 is 0 Å². The van der Waals surface area contributed by atoms with Crippen LogP contribution in [0.4, 0.5) is 0 Å². The van der Waals surface area contributed by atoms with Crippen molar-refractivity contribution >= 4 is 5.91 Å². The molecule has 1 saturated carbocycles. The Morgan fingerprint density at radius 1 is 1.25 bits per heavy atom. The maximum atomic E-state index is 12.7. The fraction of sp³-hybridized carbons (Fsp3) is 0.941. The first-order valence-corrected chi connectivity index (χ1v) is 8.66. The van der Waals surface area contributed by atoms with E-state index >= 15 is 0 Å². The van der Waals surface area contributed by atoms with Crippen molar-refractivity contribution in [3.05, 3.63) is 0 Å². The van der Waals surface area contributed by atoms with Crippen molar-refractivity contribution in [2.45, 2.75) is 90.8 Å². The van der Waals surface area contributed by atoms with Gasteiger partial charge in [-0.2, -0.15) is 0 Å². The van der Waals surface area contributed by atoms with E-state index in [1.807, 2.05) is 0 Å².